The third kappa shape index (κ3) is 6.49. The molecule has 0 aliphatic carbocycles. The van der Waals surface area contributed by atoms with E-state index >= 15 is 0 Å². The van der Waals surface area contributed by atoms with Crippen LogP contribution in [0.3, 0.4) is 0 Å². The Hall–Kier alpha value is -3.09. The lowest BCUT2D eigenvalue weighted by atomic mass is 10.1. The molecule has 0 radical (unpaired) electrons. The topological polar surface area (TPSA) is 59.8 Å². The maximum Gasteiger partial charge on any atom is 0.227 e. The minimum atomic E-state index is -0.405. The lowest BCUT2D eigenvalue weighted by Gasteiger charge is -2.25. The molecule has 6 nitrogen and oxygen atoms in total. The molecule has 6 heteroatoms. The Labute approximate surface area is 203 Å². The number of hydrogen-bond acceptors (Lipinski definition) is 5. The van der Waals surface area contributed by atoms with Gasteiger partial charge in [0.25, 0.3) is 0 Å². The number of allylic oxidation sites excluding steroid dienone is 1. The van der Waals surface area contributed by atoms with Crippen LogP contribution in [-0.4, -0.2) is 46.1 Å². The van der Waals surface area contributed by atoms with Gasteiger partial charge in [-0.25, -0.2) is 4.68 Å². The number of aryl methyl sites for hydroxylation is 1. The molecule has 1 aromatic heterocycles. The second kappa shape index (κ2) is 13.0. The summed E-state index contributed by atoms with van der Waals surface area (Å²) in [6.45, 7) is 10.1. The second-order valence-corrected chi connectivity index (χ2v) is 8.34. The van der Waals surface area contributed by atoms with Gasteiger partial charge in [0, 0.05) is 13.1 Å². The average molecular weight is 464 g/mol. The van der Waals surface area contributed by atoms with Crippen LogP contribution in [0.25, 0.3) is 5.69 Å². The fraction of sp³-hybridized carbons (Fsp3) is 0.393. The lowest BCUT2D eigenvalue weighted by molar-refractivity contribution is 0.102. The Morgan fingerprint density at radius 2 is 1.79 bits per heavy atom. The van der Waals surface area contributed by atoms with Gasteiger partial charge in [0.2, 0.25) is 5.88 Å². The lowest BCUT2D eigenvalue weighted by Crippen LogP contribution is -2.33. The van der Waals surface area contributed by atoms with Crippen LogP contribution in [0.1, 0.15) is 44.4 Å². The highest BCUT2D eigenvalue weighted by Crippen LogP contribution is 2.36. The van der Waals surface area contributed by atoms with E-state index in [0.717, 1.165) is 42.8 Å². The van der Waals surface area contributed by atoms with Gasteiger partial charge in [-0.3, -0.25) is 4.90 Å². The van der Waals surface area contributed by atoms with Crippen LogP contribution in [-0.2, 0) is 13.0 Å². The molecule has 0 aliphatic rings. The van der Waals surface area contributed by atoms with Crippen molar-refractivity contribution in [2.24, 2.45) is 0 Å². The van der Waals surface area contributed by atoms with E-state index in [9.17, 15) is 5.11 Å². The summed E-state index contributed by atoms with van der Waals surface area (Å²) < 4.78 is 13.9. The molecule has 1 N–H and O–H groups in total. The Bertz CT molecular complexity index is 1030. The quantitative estimate of drug-likeness (QED) is 0.307. The minimum Gasteiger partial charge on any atom is -0.493 e. The van der Waals surface area contributed by atoms with E-state index in [4.69, 9.17) is 14.6 Å². The van der Waals surface area contributed by atoms with E-state index < -0.39 is 6.10 Å². The molecule has 0 fully saturated rings. The highest BCUT2D eigenvalue weighted by molar-refractivity contribution is 5.47. The Kier molecular flexibility index (Phi) is 9.74. The fourth-order valence-electron chi connectivity index (χ4n) is 4.05. The van der Waals surface area contributed by atoms with Crippen molar-refractivity contribution in [2.75, 3.05) is 20.2 Å². The average Bonchev–Trinajstić information content (AvgIpc) is 3.20. The third-order valence-electron chi connectivity index (χ3n) is 5.73. The maximum absolute atomic E-state index is 10.6. The first-order chi connectivity index (χ1) is 16.6. The van der Waals surface area contributed by atoms with Gasteiger partial charge in [-0.2, -0.15) is 5.10 Å². The van der Waals surface area contributed by atoms with Gasteiger partial charge in [-0.15, -0.1) is 6.58 Å². The molecular weight excluding hydrogens is 426 g/mol. The van der Waals surface area contributed by atoms with E-state index in [1.165, 1.54) is 0 Å². The molecule has 34 heavy (non-hydrogen) atoms. The van der Waals surface area contributed by atoms with Crippen LogP contribution in [0.15, 0.2) is 67.3 Å². The molecule has 0 aliphatic heterocycles. The van der Waals surface area contributed by atoms with Gasteiger partial charge >= 0.3 is 0 Å². The number of aliphatic hydroxyl groups excluding tert-OH is 1. The van der Waals surface area contributed by atoms with E-state index in [2.05, 4.69) is 25.3 Å². The van der Waals surface area contributed by atoms with Gasteiger partial charge in [-0.05, 0) is 56.5 Å². The molecule has 0 bridgehead atoms. The number of aliphatic hydroxyl groups is 1. The number of rotatable bonds is 14. The van der Waals surface area contributed by atoms with Crippen LogP contribution < -0.4 is 9.47 Å². The summed E-state index contributed by atoms with van der Waals surface area (Å²) in [4.78, 5) is 2.29. The SMILES string of the molecule is C=CCC[C@H](O)CN(CCC)Cc1c(CC)nn(-c2ccccc2)c1Oc1ccccc1OC. The first-order valence-corrected chi connectivity index (χ1v) is 12.1. The van der Waals surface area contributed by atoms with E-state index in [1.807, 2.05) is 65.4 Å². The number of para-hydroxylation sites is 3. The Morgan fingerprint density at radius 1 is 1.09 bits per heavy atom. The molecule has 2 aromatic carbocycles. The zero-order chi connectivity index (χ0) is 24.3. The van der Waals surface area contributed by atoms with Crippen molar-refractivity contribution >= 4 is 0 Å². The number of methoxy groups -OCH3 is 1. The van der Waals surface area contributed by atoms with Crippen LogP contribution in [0.5, 0.6) is 17.4 Å². The zero-order valence-corrected chi connectivity index (χ0v) is 20.6. The Balaban J connectivity index is 2.03. The van der Waals surface area contributed by atoms with Crippen LogP contribution in [0.4, 0.5) is 0 Å². The van der Waals surface area contributed by atoms with Crippen molar-refractivity contribution < 1.29 is 14.6 Å². The molecule has 0 saturated carbocycles. The smallest absolute Gasteiger partial charge is 0.227 e. The second-order valence-electron chi connectivity index (χ2n) is 8.34. The number of aromatic nitrogens is 2. The van der Waals surface area contributed by atoms with E-state index in [1.54, 1.807) is 7.11 Å². The number of benzene rings is 2. The number of hydrogen-bond donors (Lipinski definition) is 1. The molecule has 3 aromatic rings. The predicted octanol–water partition coefficient (Wildman–Crippen LogP) is 5.77. The van der Waals surface area contributed by atoms with Crippen molar-refractivity contribution in [3.63, 3.8) is 0 Å². The highest BCUT2D eigenvalue weighted by Gasteiger charge is 2.24. The Morgan fingerprint density at radius 3 is 2.44 bits per heavy atom. The number of nitrogens with zero attached hydrogens (tertiary/aromatic N) is 3. The largest absolute Gasteiger partial charge is 0.493 e. The molecule has 1 heterocycles. The van der Waals surface area contributed by atoms with Crippen molar-refractivity contribution in [1.82, 2.24) is 14.7 Å². The monoisotopic (exact) mass is 463 g/mol. The summed E-state index contributed by atoms with van der Waals surface area (Å²) >= 11 is 0. The molecule has 0 saturated heterocycles. The molecule has 182 valence electrons. The summed E-state index contributed by atoms with van der Waals surface area (Å²) in [5.74, 6) is 1.98. The third-order valence-corrected chi connectivity index (χ3v) is 5.73. The van der Waals surface area contributed by atoms with Crippen molar-refractivity contribution in [3.05, 3.63) is 78.5 Å². The van der Waals surface area contributed by atoms with Gasteiger partial charge in [0.1, 0.15) is 0 Å². The summed E-state index contributed by atoms with van der Waals surface area (Å²) in [5, 5.41) is 15.5. The van der Waals surface area contributed by atoms with Gasteiger partial charge in [0.05, 0.1) is 30.2 Å². The molecule has 3 rings (SSSR count). The first kappa shape index (κ1) is 25.5. The molecule has 0 amide bonds. The molecule has 1 atom stereocenters. The van der Waals surface area contributed by atoms with Crippen molar-refractivity contribution in [2.45, 2.75) is 52.2 Å². The van der Waals surface area contributed by atoms with E-state index in [-0.39, 0.29) is 0 Å². The van der Waals surface area contributed by atoms with Gasteiger partial charge in [0.15, 0.2) is 11.5 Å². The van der Waals surface area contributed by atoms with Crippen LogP contribution in [0.2, 0.25) is 0 Å². The minimum absolute atomic E-state index is 0.405. The highest BCUT2D eigenvalue weighted by atomic mass is 16.5. The normalized spacial score (nSPS) is 12.0. The van der Waals surface area contributed by atoms with Crippen molar-refractivity contribution in [3.8, 4) is 23.1 Å². The molecule has 0 spiro atoms. The van der Waals surface area contributed by atoms with E-state index in [0.29, 0.717) is 36.9 Å². The van der Waals surface area contributed by atoms with Crippen LogP contribution >= 0.6 is 0 Å². The van der Waals surface area contributed by atoms with Crippen molar-refractivity contribution in [1.29, 1.82) is 0 Å². The zero-order valence-electron chi connectivity index (χ0n) is 20.6. The molecule has 0 unspecified atom stereocenters. The maximum atomic E-state index is 10.6. The summed E-state index contributed by atoms with van der Waals surface area (Å²) in [6.07, 6.45) is 4.72. The first-order valence-electron chi connectivity index (χ1n) is 12.1. The van der Waals surface area contributed by atoms with Gasteiger partial charge < -0.3 is 14.6 Å². The summed E-state index contributed by atoms with van der Waals surface area (Å²) in [5.41, 5.74) is 2.94. The summed E-state index contributed by atoms with van der Waals surface area (Å²) in [6, 6.07) is 17.7. The standard InChI is InChI=1S/C28H37N3O3/c1-5-8-16-23(32)20-30(19-6-2)21-24-25(7-3)29-31(22-14-10-9-11-15-22)28(24)34-27-18-13-12-17-26(27)33-4/h5,9-15,17-18,23,32H,1,6-8,16,19-21H2,2-4H3/t23-/m0/s1. The summed E-state index contributed by atoms with van der Waals surface area (Å²) in [7, 11) is 1.64. The fourth-order valence-corrected chi connectivity index (χ4v) is 4.05. The van der Waals surface area contributed by atoms with Crippen LogP contribution in [0, 0.1) is 0 Å². The predicted molar refractivity (Wildman–Crippen MR) is 137 cm³/mol. The molecular formula is C28H37N3O3. The van der Waals surface area contributed by atoms with Gasteiger partial charge in [-0.1, -0.05) is 50.3 Å². The number of ether oxygens (including phenoxy) is 2.